The first-order chi connectivity index (χ1) is 25.7. The van der Waals surface area contributed by atoms with Gasteiger partial charge in [0.25, 0.3) is 0 Å². The molecule has 3 aliphatic carbocycles. The number of halogens is 1. The van der Waals surface area contributed by atoms with E-state index in [9.17, 15) is 24.6 Å². The molecule has 0 amide bonds. The van der Waals surface area contributed by atoms with E-state index in [1.54, 1.807) is 25.2 Å². The minimum atomic E-state index is -1.58. The van der Waals surface area contributed by atoms with Gasteiger partial charge in [0.15, 0.2) is 18.4 Å². The number of fused-ring (bicyclic) bond motifs is 5. The van der Waals surface area contributed by atoms with Gasteiger partial charge in [0.05, 0.1) is 17.3 Å². The van der Waals surface area contributed by atoms with Crippen LogP contribution in [0.5, 0.6) is 0 Å². The quantitative estimate of drug-likeness (QED) is 0.188. The lowest BCUT2D eigenvalue weighted by atomic mass is 9.55. The topological polar surface area (TPSA) is 147 Å². The van der Waals surface area contributed by atoms with E-state index in [0.717, 1.165) is 25.8 Å². The fraction of sp³-hybridized carbons (Fsp3) is 0.732. The molecule has 2 saturated carbocycles. The zero-order valence-corrected chi connectivity index (χ0v) is 33.2. The van der Waals surface area contributed by atoms with E-state index in [0.29, 0.717) is 53.3 Å². The van der Waals surface area contributed by atoms with Gasteiger partial charge in [0.1, 0.15) is 23.3 Å². The smallest absolute Gasteiger partial charge is 0.323 e. The number of aliphatic hydroxyl groups is 2. The predicted octanol–water partition coefficient (Wildman–Crippen LogP) is 4.87. The Labute approximate surface area is 323 Å². The van der Waals surface area contributed by atoms with E-state index in [2.05, 4.69) is 17.1 Å². The Morgan fingerprint density at radius 3 is 2.56 bits per heavy atom. The third-order valence-electron chi connectivity index (χ3n) is 13.8. The number of nitrogens with zero attached hydrogens (tertiary/aromatic N) is 2. The Morgan fingerprint density at radius 1 is 1.09 bits per heavy atom. The largest absolute Gasteiger partial charge is 0.465 e. The number of hydrogen-bond donors (Lipinski definition) is 3. The maximum Gasteiger partial charge on any atom is 0.323 e. The number of carbonyl (C=O) groups is 3. The highest BCUT2D eigenvalue weighted by molar-refractivity contribution is 6.33. The van der Waals surface area contributed by atoms with Crippen LogP contribution in [0.4, 0.5) is 5.69 Å². The number of ether oxygens (including phenoxy) is 3. The molecule has 0 radical (unpaired) electrons. The zero-order valence-electron chi connectivity index (χ0n) is 32.5. The summed E-state index contributed by atoms with van der Waals surface area (Å²) in [4.78, 5) is 48.4. The number of piperidine rings is 1. The summed E-state index contributed by atoms with van der Waals surface area (Å²) in [5.41, 5.74) is -1.40. The second kappa shape index (κ2) is 15.3. The van der Waals surface area contributed by atoms with Gasteiger partial charge in [-0.3, -0.25) is 34.5 Å². The molecular formula is C41H58ClN3O9. The van der Waals surface area contributed by atoms with Crippen molar-refractivity contribution in [1.29, 1.82) is 0 Å². The van der Waals surface area contributed by atoms with Gasteiger partial charge in [0.2, 0.25) is 0 Å². The lowest BCUT2D eigenvalue weighted by Gasteiger charge is -2.56. The molecule has 298 valence electrons. The van der Waals surface area contributed by atoms with Gasteiger partial charge in [-0.05, 0) is 80.8 Å². The molecule has 0 aromatic heterocycles. The molecule has 3 aliphatic heterocycles. The first-order valence-corrected chi connectivity index (χ1v) is 20.4. The fourth-order valence-electron chi connectivity index (χ4n) is 11.1. The second-order valence-corrected chi connectivity index (χ2v) is 17.5. The van der Waals surface area contributed by atoms with Crippen LogP contribution in [0.15, 0.2) is 29.8 Å². The maximum atomic E-state index is 14.3. The van der Waals surface area contributed by atoms with Crippen LogP contribution in [0.1, 0.15) is 91.5 Å². The number of nitrogens with one attached hydrogen (secondary N) is 1. The Kier molecular flexibility index (Phi) is 11.2. The minimum Gasteiger partial charge on any atom is -0.465 e. The van der Waals surface area contributed by atoms with Gasteiger partial charge in [-0.25, -0.2) is 0 Å². The molecule has 4 fully saturated rings. The van der Waals surface area contributed by atoms with Crippen LogP contribution in [0.2, 0.25) is 5.02 Å². The molecule has 13 heteroatoms. The lowest BCUT2D eigenvalue weighted by molar-refractivity contribution is -0.225. The number of para-hydroxylation sites is 1. The molecule has 13 atom stereocenters. The first kappa shape index (κ1) is 39.5. The maximum absolute atomic E-state index is 14.3. The number of hydroxylamine groups is 1. The standard InChI is InChI=1S/C41H58ClN3O9/c1-7-51-38(48)33-18-26-11-8-9-12-27(26)21-45(33)20-23(3)28-16-15-24(4)41(50)30(28)17-22(2)35(52-25(5)46)36(41)53-37(47)32-19-40(49)29-13-10-14-31(42)34(29)44(6)54-39(40)43-32/h10,13-14,17,23-24,26-28,30,32-33,35-36,39,43,49-50H,7-9,11-12,15-16,18-21H2,1-6H3/t23?,24-,26?,27?,28+,30-,32+,33?,35-,36+,39-,40-,41-/m1/s1. The number of esters is 3. The molecule has 54 heavy (non-hydrogen) atoms. The van der Waals surface area contributed by atoms with Crippen LogP contribution in [0.3, 0.4) is 0 Å². The van der Waals surface area contributed by atoms with Crippen molar-refractivity contribution in [1.82, 2.24) is 10.2 Å². The van der Waals surface area contributed by atoms with Crippen LogP contribution >= 0.6 is 11.6 Å². The Morgan fingerprint density at radius 2 is 1.83 bits per heavy atom. The fourth-order valence-corrected chi connectivity index (χ4v) is 11.3. The monoisotopic (exact) mass is 771 g/mol. The van der Waals surface area contributed by atoms with Gasteiger partial charge in [0, 0.05) is 45.0 Å². The van der Waals surface area contributed by atoms with Crippen molar-refractivity contribution in [2.75, 3.05) is 31.8 Å². The van der Waals surface area contributed by atoms with Crippen molar-refractivity contribution in [2.24, 2.45) is 35.5 Å². The van der Waals surface area contributed by atoms with Gasteiger partial charge in [-0.15, -0.1) is 0 Å². The molecule has 6 aliphatic rings. The molecular weight excluding hydrogens is 714 g/mol. The molecule has 7 rings (SSSR count). The molecule has 3 N–H and O–H groups in total. The number of rotatable bonds is 8. The first-order valence-electron chi connectivity index (χ1n) is 20.0. The highest BCUT2D eigenvalue weighted by Gasteiger charge is 2.62. The van der Waals surface area contributed by atoms with E-state index in [1.165, 1.54) is 31.2 Å². The number of carbonyl (C=O) groups excluding carboxylic acids is 3. The van der Waals surface area contributed by atoms with E-state index in [-0.39, 0.29) is 36.2 Å². The van der Waals surface area contributed by atoms with E-state index in [4.69, 9.17) is 30.6 Å². The van der Waals surface area contributed by atoms with Crippen LogP contribution in [0.25, 0.3) is 0 Å². The second-order valence-electron chi connectivity index (χ2n) is 17.1. The molecule has 0 spiro atoms. The van der Waals surface area contributed by atoms with Crippen molar-refractivity contribution in [3.05, 3.63) is 40.4 Å². The van der Waals surface area contributed by atoms with E-state index >= 15 is 0 Å². The average molecular weight is 772 g/mol. The number of hydrogen-bond acceptors (Lipinski definition) is 12. The molecule has 12 nitrogen and oxygen atoms in total. The Balaban J connectivity index is 1.15. The average Bonchev–Trinajstić information content (AvgIpc) is 3.48. The van der Waals surface area contributed by atoms with Crippen LogP contribution in [0, 0.1) is 35.5 Å². The van der Waals surface area contributed by atoms with Gasteiger partial charge in [-0.2, -0.15) is 0 Å². The Hall–Kier alpha value is -2.74. The summed E-state index contributed by atoms with van der Waals surface area (Å²) in [7, 11) is 1.69. The molecule has 1 aromatic rings. The number of anilines is 1. The lowest BCUT2D eigenvalue weighted by Crippen LogP contribution is -2.66. The van der Waals surface area contributed by atoms with Gasteiger partial charge >= 0.3 is 17.9 Å². The summed E-state index contributed by atoms with van der Waals surface area (Å²) >= 11 is 6.49. The van der Waals surface area contributed by atoms with Crippen molar-refractivity contribution in [2.45, 2.75) is 128 Å². The molecule has 1 aromatic carbocycles. The summed E-state index contributed by atoms with van der Waals surface area (Å²) in [5, 5.41) is 30.0. The third kappa shape index (κ3) is 6.87. The van der Waals surface area contributed by atoms with Crippen LogP contribution < -0.4 is 10.4 Å². The van der Waals surface area contributed by atoms with Crippen molar-refractivity contribution in [3.63, 3.8) is 0 Å². The summed E-state index contributed by atoms with van der Waals surface area (Å²) in [6.45, 7) is 11.1. The Bertz CT molecular complexity index is 1640. The number of benzene rings is 1. The van der Waals surface area contributed by atoms with Crippen LogP contribution in [-0.4, -0.2) is 95.9 Å². The summed E-state index contributed by atoms with van der Waals surface area (Å²) in [5.74, 6) is -0.937. The predicted molar refractivity (Wildman–Crippen MR) is 201 cm³/mol. The molecule has 0 bridgehead atoms. The summed E-state index contributed by atoms with van der Waals surface area (Å²) in [6.07, 6.45) is 5.90. The third-order valence-corrected chi connectivity index (χ3v) is 14.1. The summed E-state index contributed by atoms with van der Waals surface area (Å²) < 4.78 is 17.8. The minimum absolute atomic E-state index is 0.00840. The van der Waals surface area contributed by atoms with Crippen molar-refractivity contribution >= 4 is 35.2 Å². The van der Waals surface area contributed by atoms with Crippen LogP contribution in [-0.2, 0) is 39.0 Å². The number of likely N-dealkylation sites (tertiary alicyclic amines) is 1. The van der Waals surface area contributed by atoms with E-state index < -0.39 is 53.5 Å². The van der Waals surface area contributed by atoms with Gasteiger partial charge < -0.3 is 24.4 Å². The highest BCUT2D eigenvalue weighted by Crippen LogP contribution is 2.53. The van der Waals surface area contributed by atoms with Crippen molar-refractivity contribution < 1.29 is 43.6 Å². The summed E-state index contributed by atoms with van der Waals surface area (Å²) in [6, 6.07) is 3.93. The van der Waals surface area contributed by atoms with Gasteiger partial charge in [-0.1, -0.05) is 62.9 Å². The SMILES string of the molecule is CCOC(=O)C1CC2CCCCC2CN1CC(C)[C@@H]1CC[C@@H](C)[C@@]2(O)[C@@H]1C=C(C)[C@@H](OC(C)=O)[C@@H]2OC(=O)[C@@H]1C[C@@]2(O)c3cccc(Cl)c3N(C)O[C@H]2N1. The van der Waals surface area contributed by atoms with Crippen molar-refractivity contribution in [3.8, 4) is 0 Å². The zero-order chi connectivity index (χ0) is 38.7. The highest BCUT2D eigenvalue weighted by atomic mass is 35.5. The molecule has 4 unspecified atom stereocenters. The molecule has 3 heterocycles. The molecule has 2 saturated heterocycles. The van der Waals surface area contributed by atoms with E-state index in [1.807, 2.05) is 26.8 Å². The normalized spacial score (nSPS) is 39.6.